The van der Waals surface area contributed by atoms with E-state index in [9.17, 15) is 13.2 Å². The molecule has 1 heterocycles. The fourth-order valence-electron chi connectivity index (χ4n) is 1.48. The van der Waals surface area contributed by atoms with Gasteiger partial charge in [0.05, 0.1) is 11.6 Å². The Bertz CT molecular complexity index is 548. The molecule has 1 atom stereocenters. The Hall–Kier alpha value is -1.47. The van der Waals surface area contributed by atoms with E-state index >= 15 is 0 Å². The van der Waals surface area contributed by atoms with Gasteiger partial charge < -0.3 is 5.73 Å². The SMILES string of the molecule is CCC(N)c1nnc(-c2ccc(C(F)(F)F)cc2)s1. The molecule has 2 rings (SSSR count). The molecule has 0 fully saturated rings. The number of hydrogen-bond acceptors (Lipinski definition) is 4. The van der Waals surface area contributed by atoms with Crippen molar-refractivity contribution < 1.29 is 13.2 Å². The van der Waals surface area contributed by atoms with Gasteiger partial charge in [0.1, 0.15) is 10.0 Å². The molecule has 0 spiro atoms. The molecule has 2 N–H and O–H groups in total. The zero-order chi connectivity index (χ0) is 14.0. The van der Waals surface area contributed by atoms with Crippen molar-refractivity contribution in [1.82, 2.24) is 10.2 Å². The average Bonchev–Trinajstić information content (AvgIpc) is 2.86. The van der Waals surface area contributed by atoms with Gasteiger partial charge in [-0.3, -0.25) is 0 Å². The molecule has 0 amide bonds. The molecule has 19 heavy (non-hydrogen) atoms. The monoisotopic (exact) mass is 287 g/mol. The van der Waals surface area contributed by atoms with Crippen molar-refractivity contribution in [2.24, 2.45) is 5.73 Å². The van der Waals surface area contributed by atoms with E-state index in [1.165, 1.54) is 23.5 Å². The van der Waals surface area contributed by atoms with Crippen LogP contribution in [0.2, 0.25) is 0 Å². The predicted molar refractivity (Wildman–Crippen MR) is 67.6 cm³/mol. The van der Waals surface area contributed by atoms with Crippen molar-refractivity contribution in [3.05, 3.63) is 34.8 Å². The molecule has 0 aliphatic carbocycles. The number of benzene rings is 1. The Labute approximate surface area is 112 Å². The molecular weight excluding hydrogens is 275 g/mol. The number of nitrogens with two attached hydrogens (primary N) is 1. The molecule has 1 aromatic carbocycles. The molecule has 102 valence electrons. The molecule has 7 heteroatoms. The highest BCUT2D eigenvalue weighted by Gasteiger charge is 2.30. The Morgan fingerprint density at radius 2 is 1.84 bits per heavy atom. The van der Waals surface area contributed by atoms with Gasteiger partial charge in [-0.15, -0.1) is 10.2 Å². The van der Waals surface area contributed by atoms with Crippen molar-refractivity contribution in [3.63, 3.8) is 0 Å². The first-order valence-corrected chi connectivity index (χ1v) is 6.50. The summed E-state index contributed by atoms with van der Waals surface area (Å²) in [5, 5.41) is 9.18. The fraction of sp³-hybridized carbons (Fsp3) is 0.333. The molecule has 3 nitrogen and oxygen atoms in total. The smallest absolute Gasteiger partial charge is 0.322 e. The van der Waals surface area contributed by atoms with Crippen LogP contribution in [-0.4, -0.2) is 10.2 Å². The first-order chi connectivity index (χ1) is 8.91. The number of alkyl halides is 3. The zero-order valence-corrected chi connectivity index (χ0v) is 10.9. The third-order valence-corrected chi connectivity index (χ3v) is 3.76. The number of rotatable bonds is 3. The van der Waals surface area contributed by atoms with E-state index < -0.39 is 11.7 Å². The summed E-state index contributed by atoms with van der Waals surface area (Å²) < 4.78 is 37.3. The van der Waals surface area contributed by atoms with Crippen molar-refractivity contribution in [2.45, 2.75) is 25.6 Å². The van der Waals surface area contributed by atoms with Crippen LogP contribution in [0, 0.1) is 0 Å². The number of halogens is 3. The molecule has 0 saturated heterocycles. The number of hydrogen-bond donors (Lipinski definition) is 1. The second-order valence-corrected chi connectivity index (χ2v) is 5.04. The van der Waals surface area contributed by atoms with Gasteiger partial charge in [0.15, 0.2) is 0 Å². The van der Waals surface area contributed by atoms with Crippen molar-refractivity contribution >= 4 is 11.3 Å². The zero-order valence-electron chi connectivity index (χ0n) is 10.1. The maximum absolute atomic E-state index is 12.4. The van der Waals surface area contributed by atoms with Gasteiger partial charge in [0.2, 0.25) is 0 Å². The van der Waals surface area contributed by atoms with Crippen LogP contribution in [0.5, 0.6) is 0 Å². The van der Waals surface area contributed by atoms with E-state index in [0.717, 1.165) is 18.6 Å². The van der Waals surface area contributed by atoms with Crippen LogP contribution >= 0.6 is 11.3 Å². The summed E-state index contributed by atoms with van der Waals surface area (Å²) in [6, 6.07) is 4.68. The Morgan fingerprint density at radius 1 is 1.21 bits per heavy atom. The van der Waals surface area contributed by atoms with E-state index in [2.05, 4.69) is 10.2 Å². The normalized spacial score (nSPS) is 13.5. The highest BCUT2D eigenvalue weighted by atomic mass is 32.1. The standard InChI is InChI=1S/C12H12F3N3S/c1-2-9(16)11-18-17-10(19-11)7-3-5-8(6-4-7)12(13,14)15/h3-6,9H,2,16H2,1H3. The second-order valence-electron chi connectivity index (χ2n) is 4.04. The largest absolute Gasteiger partial charge is 0.416 e. The van der Waals surface area contributed by atoms with E-state index in [1.54, 1.807) is 0 Å². The Morgan fingerprint density at radius 3 is 2.37 bits per heavy atom. The summed E-state index contributed by atoms with van der Waals surface area (Å²) in [5.41, 5.74) is 5.76. The maximum Gasteiger partial charge on any atom is 0.416 e. The van der Waals surface area contributed by atoms with Crippen LogP contribution in [0.15, 0.2) is 24.3 Å². The molecule has 1 unspecified atom stereocenters. The number of aromatic nitrogens is 2. The van der Waals surface area contributed by atoms with Crippen LogP contribution < -0.4 is 5.73 Å². The van der Waals surface area contributed by atoms with E-state index in [4.69, 9.17) is 5.73 Å². The molecule has 2 aromatic rings. The molecular formula is C12H12F3N3S. The van der Waals surface area contributed by atoms with E-state index in [1.807, 2.05) is 6.92 Å². The first kappa shape index (κ1) is 14.0. The molecule has 0 aliphatic heterocycles. The highest BCUT2D eigenvalue weighted by molar-refractivity contribution is 7.14. The summed E-state index contributed by atoms with van der Waals surface area (Å²) in [4.78, 5) is 0. The average molecular weight is 287 g/mol. The van der Waals surface area contributed by atoms with Crippen molar-refractivity contribution in [2.75, 3.05) is 0 Å². The quantitative estimate of drug-likeness (QED) is 0.937. The van der Waals surface area contributed by atoms with Gasteiger partial charge in [0, 0.05) is 5.56 Å². The van der Waals surface area contributed by atoms with Gasteiger partial charge in [-0.2, -0.15) is 13.2 Å². The van der Waals surface area contributed by atoms with Gasteiger partial charge in [-0.1, -0.05) is 30.4 Å². The Kier molecular flexibility index (Phi) is 3.86. The van der Waals surface area contributed by atoms with E-state index in [-0.39, 0.29) is 6.04 Å². The number of nitrogens with zero attached hydrogens (tertiary/aromatic N) is 2. The lowest BCUT2D eigenvalue weighted by Gasteiger charge is -2.06. The molecule has 0 radical (unpaired) electrons. The maximum atomic E-state index is 12.4. The van der Waals surface area contributed by atoms with Crippen LogP contribution in [0.1, 0.15) is 30.0 Å². The van der Waals surface area contributed by atoms with Crippen molar-refractivity contribution in [3.8, 4) is 10.6 Å². The third kappa shape index (κ3) is 3.10. The van der Waals surface area contributed by atoms with Gasteiger partial charge in [-0.05, 0) is 18.6 Å². The van der Waals surface area contributed by atoms with Crippen LogP contribution in [0.3, 0.4) is 0 Å². The summed E-state index contributed by atoms with van der Waals surface area (Å²) >= 11 is 1.30. The van der Waals surface area contributed by atoms with E-state index in [0.29, 0.717) is 15.6 Å². The molecule has 0 bridgehead atoms. The molecule has 1 aromatic heterocycles. The van der Waals surface area contributed by atoms with Gasteiger partial charge >= 0.3 is 6.18 Å². The summed E-state index contributed by atoms with van der Waals surface area (Å²) in [7, 11) is 0. The lowest BCUT2D eigenvalue weighted by molar-refractivity contribution is -0.137. The molecule has 0 saturated carbocycles. The van der Waals surface area contributed by atoms with Crippen LogP contribution in [-0.2, 0) is 6.18 Å². The highest BCUT2D eigenvalue weighted by Crippen LogP contribution is 2.32. The minimum absolute atomic E-state index is 0.180. The third-order valence-electron chi connectivity index (χ3n) is 2.66. The predicted octanol–water partition coefficient (Wildman–Crippen LogP) is 3.63. The minimum Gasteiger partial charge on any atom is -0.322 e. The second kappa shape index (κ2) is 5.26. The fourth-order valence-corrected chi connectivity index (χ4v) is 2.41. The molecule has 0 aliphatic rings. The summed E-state index contributed by atoms with van der Waals surface area (Å²) in [6.45, 7) is 1.93. The Balaban J connectivity index is 2.25. The topological polar surface area (TPSA) is 51.8 Å². The van der Waals surface area contributed by atoms with Gasteiger partial charge in [0.25, 0.3) is 0 Å². The van der Waals surface area contributed by atoms with Gasteiger partial charge in [-0.25, -0.2) is 0 Å². The van der Waals surface area contributed by atoms with Crippen molar-refractivity contribution in [1.29, 1.82) is 0 Å². The summed E-state index contributed by atoms with van der Waals surface area (Å²) in [6.07, 6.45) is -3.59. The van der Waals surface area contributed by atoms with Crippen LogP contribution in [0.4, 0.5) is 13.2 Å². The lowest BCUT2D eigenvalue weighted by Crippen LogP contribution is -2.07. The minimum atomic E-state index is -4.32. The van der Waals surface area contributed by atoms with Crippen LogP contribution in [0.25, 0.3) is 10.6 Å². The first-order valence-electron chi connectivity index (χ1n) is 5.68. The lowest BCUT2D eigenvalue weighted by atomic mass is 10.1. The summed E-state index contributed by atoms with van der Waals surface area (Å²) in [5.74, 6) is 0.